The first-order valence-electron chi connectivity index (χ1n) is 9.85. The molecule has 0 amide bonds. The van der Waals surface area contributed by atoms with Gasteiger partial charge in [0.15, 0.2) is 0 Å². The summed E-state index contributed by atoms with van der Waals surface area (Å²) in [6.07, 6.45) is 3.77. The Labute approximate surface area is 159 Å². The summed E-state index contributed by atoms with van der Waals surface area (Å²) in [5.74, 6) is 0.253. The summed E-state index contributed by atoms with van der Waals surface area (Å²) in [4.78, 5) is 18.6. The molecule has 5 nitrogen and oxygen atoms in total. The first kappa shape index (κ1) is 16.9. The summed E-state index contributed by atoms with van der Waals surface area (Å²) in [6.45, 7) is 6.27. The number of aryl methyl sites for hydroxylation is 1. The van der Waals surface area contributed by atoms with Gasteiger partial charge >= 0.3 is 5.97 Å². The molecule has 0 bridgehead atoms. The lowest BCUT2D eigenvalue weighted by molar-refractivity contribution is -0.139. The molecule has 5 rings (SSSR count). The van der Waals surface area contributed by atoms with E-state index in [1.165, 1.54) is 34.8 Å². The number of piperidine rings is 1. The van der Waals surface area contributed by atoms with Crippen LogP contribution in [0.5, 0.6) is 0 Å². The largest absolute Gasteiger partial charge is 0.497 e. The number of H-pyrrole nitrogens is 1. The fourth-order valence-electron chi connectivity index (χ4n) is 5.36. The predicted octanol–water partition coefficient (Wildman–Crippen LogP) is 3.49. The number of methoxy groups -OCH3 is 1. The Kier molecular flexibility index (Phi) is 3.83. The zero-order valence-corrected chi connectivity index (χ0v) is 16.1. The van der Waals surface area contributed by atoms with Crippen LogP contribution in [0.4, 0.5) is 0 Å². The number of carbonyl (C=O) groups excluding carboxylic acids is 1. The number of nitrogens with one attached hydrogen (secondary N) is 1. The van der Waals surface area contributed by atoms with E-state index in [4.69, 9.17) is 9.47 Å². The van der Waals surface area contributed by atoms with Gasteiger partial charge in [-0.2, -0.15) is 0 Å². The smallest absolute Gasteiger partial charge is 0.337 e. The zero-order valence-electron chi connectivity index (χ0n) is 16.1. The van der Waals surface area contributed by atoms with Crippen LogP contribution in [-0.2, 0) is 20.7 Å². The summed E-state index contributed by atoms with van der Waals surface area (Å²) in [6, 6.07) is 7.00. The Balaban J connectivity index is 1.55. The molecule has 0 saturated carbocycles. The number of fused-ring (bicyclic) bond motifs is 6. The van der Waals surface area contributed by atoms with Crippen molar-refractivity contribution in [2.24, 2.45) is 11.8 Å². The molecule has 3 unspecified atom stereocenters. The molecular formula is C22H26N2O3. The highest BCUT2D eigenvalue weighted by molar-refractivity contribution is 5.89. The molecule has 1 aromatic carbocycles. The van der Waals surface area contributed by atoms with Gasteiger partial charge < -0.3 is 14.5 Å². The molecule has 1 N–H and O–H groups in total. The van der Waals surface area contributed by atoms with Gasteiger partial charge in [0.1, 0.15) is 0 Å². The summed E-state index contributed by atoms with van der Waals surface area (Å²) in [7, 11) is 1.45. The van der Waals surface area contributed by atoms with Gasteiger partial charge in [0.2, 0.25) is 0 Å². The third-order valence-electron chi connectivity index (χ3n) is 6.79. The van der Waals surface area contributed by atoms with Crippen LogP contribution >= 0.6 is 0 Å². The zero-order chi connectivity index (χ0) is 18.7. The third kappa shape index (κ3) is 2.52. The van der Waals surface area contributed by atoms with Crippen molar-refractivity contribution in [3.8, 4) is 0 Å². The summed E-state index contributed by atoms with van der Waals surface area (Å²) in [5, 5.41) is 1.35. The van der Waals surface area contributed by atoms with E-state index >= 15 is 0 Å². The van der Waals surface area contributed by atoms with Gasteiger partial charge in [-0.25, -0.2) is 4.79 Å². The summed E-state index contributed by atoms with van der Waals surface area (Å²) >= 11 is 0. The molecule has 2 aromatic rings. The average Bonchev–Trinajstić information content (AvgIpc) is 3.04. The van der Waals surface area contributed by atoms with Gasteiger partial charge in [0, 0.05) is 41.5 Å². The third-order valence-corrected chi connectivity index (χ3v) is 6.79. The second kappa shape index (κ2) is 6.13. The number of hydrogen-bond donors (Lipinski definition) is 1. The van der Waals surface area contributed by atoms with Crippen LogP contribution in [0.2, 0.25) is 0 Å². The number of rotatable bonds is 1. The lowest BCUT2D eigenvalue weighted by Crippen LogP contribution is -2.51. The van der Waals surface area contributed by atoms with E-state index in [1.54, 1.807) is 6.26 Å². The maximum Gasteiger partial charge on any atom is 0.337 e. The quantitative estimate of drug-likeness (QED) is 0.785. The van der Waals surface area contributed by atoms with Gasteiger partial charge in [-0.15, -0.1) is 0 Å². The number of ether oxygens (including phenoxy) is 2. The minimum Gasteiger partial charge on any atom is -0.497 e. The van der Waals surface area contributed by atoms with Gasteiger partial charge in [0.25, 0.3) is 0 Å². The second-order valence-electron chi connectivity index (χ2n) is 8.24. The van der Waals surface area contributed by atoms with Crippen LogP contribution in [-0.4, -0.2) is 42.2 Å². The van der Waals surface area contributed by atoms with Crippen molar-refractivity contribution in [3.05, 3.63) is 46.9 Å². The molecule has 142 valence electrons. The Hall–Kier alpha value is -2.27. The van der Waals surface area contributed by atoms with Crippen molar-refractivity contribution < 1.29 is 14.3 Å². The average molecular weight is 366 g/mol. The Morgan fingerprint density at radius 1 is 1.37 bits per heavy atom. The van der Waals surface area contributed by atoms with Crippen molar-refractivity contribution in [1.82, 2.24) is 9.88 Å². The Morgan fingerprint density at radius 2 is 2.22 bits per heavy atom. The van der Waals surface area contributed by atoms with Crippen LogP contribution in [0.3, 0.4) is 0 Å². The number of hydrogen-bond acceptors (Lipinski definition) is 4. The van der Waals surface area contributed by atoms with E-state index in [2.05, 4.69) is 41.9 Å². The highest BCUT2D eigenvalue weighted by Gasteiger charge is 2.46. The van der Waals surface area contributed by atoms with E-state index < -0.39 is 0 Å². The predicted molar refractivity (Wildman–Crippen MR) is 103 cm³/mol. The summed E-state index contributed by atoms with van der Waals surface area (Å²) < 4.78 is 10.8. The minimum atomic E-state index is -0.256. The number of nitrogens with zero attached hydrogens (tertiary/aromatic N) is 1. The van der Waals surface area contributed by atoms with Crippen molar-refractivity contribution in [2.45, 2.75) is 38.8 Å². The molecule has 3 aliphatic heterocycles. The van der Waals surface area contributed by atoms with Crippen LogP contribution in [0.25, 0.3) is 10.9 Å². The topological polar surface area (TPSA) is 54.6 Å². The van der Waals surface area contributed by atoms with E-state index in [1.807, 2.05) is 0 Å². The van der Waals surface area contributed by atoms with E-state index in [0.29, 0.717) is 17.5 Å². The van der Waals surface area contributed by atoms with Gasteiger partial charge in [-0.05, 0) is 43.9 Å². The molecule has 5 heteroatoms. The van der Waals surface area contributed by atoms with E-state index in [0.717, 1.165) is 25.9 Å². The van der Waals surface area contributed by atoms with Gasteiger partial charge in [-0.3, -0.25) is 4.90 Å². The Morgan fingerprint density at radius 3 is 3.04 bits per heavy atom. The van der Waals surface area contributed by atoms with Crippen molar-refractivity contribution in [3.63, 3.8) is 0 Å². The van der Waals surface area contributed by atoms with Crippen LogP contribution in [0.1, 0.15) is 36.2 Å². The van der Waals surface area contributed by atoms with Gasteiger partial charge in [-0.1, -0.05) is 12.1 Å². The lowest BCUT2D eigenvalue weighted by atomic mass is 9.72. The molecule has 27 heavy (non-hydrogen) atoms. The highest BCUT2D eigenvalue weighted by atomic mass is 16.5. The molecule has 1 saturated heterocycles. The number of aromatic nitrogens is 1. The van der Waals surface area contributed by atoms with Crippen LogP contribution in [0.15, 0.2) is 30.0 Å². The van der Waals surface area contributed by atoms with Crippen molar-refractivity contribution in [1.29, 1.82) is 0 Å². The van der Waals surface area contributed by atoms with E-state index in [9.17, 15) is 4.79 Å². The van der Waals surface area contributed by atoms with Gasteiger partial charge in [0.05, 0.1) is 31.1 Å². The minimum absolute atomic E-state index is 0.121. The highest BCUT2D eigenvalue weighted by Crippen LogP contribution is 2.47. The number of benzene rings is 1. The molecule has 3 aliphatic rings. The number of carbonyl (C=O) groups is 1. The molecule has 1 aromatic heterocycles. The molecule has 4 heterocycles. The number of aromatic amines is 1. The lowest BCUT2D eigenvalue weighted by Gasteiger charge is -2.49. The monoisotopic (exact) mass is 366 g/mol. The SMILES string of the molecule is COC(=O)C1=COC(C)[C@H]2CN3CCc4c([nH]c5cc(C)ccc45)C3CC12. The molecule has 0 aliphatic carbocycles. The Bertz CT molecular complexity index is 944. The van der Waals surface area contributed by atoms with Crippen molar-refractivity contribution in [2.75, 3.05) is 20.2 Å². The molecule has 4 atom stereocenters. The molecule has 0 spiro atoms. The number of esters is 1. The van der Waals surface area contributed by atoms with Crippen molar-refractivity contribution >= 4 is 16.9 Å². The fraction of sp³-hybridized carbons (Fsp3) is 0.500. The maximum absolute atomic E-state index is 12.3. The van der Waals surface area contributed by atoms with Crippen LogP contribution < -0.4 is 0 Å². The summed E-state index contributed by atoms with van der Waals surface area (Å²) in [5.41, 5.74) is 5.99. The fourth-order valence-corrected chi connectivity index (χ4v) is 5.36. The normalized spacial score (nSPS) is 30.0. The molecule has 1 fully saturated rings. The maximum atomic E-state index is 12.3. The first-order chi connectivity index (χ1) is 13.1. The standard InChI is InChI=1S/C22H26N2O3/c1-12-4-5-14-15-6-7-24-10-17-13(2)27-11-18(22(25)26-3)16(17)9-20(24)21(15)23-19(14)8-12/h4-5,8,11,13,16-17,20,23H,6-7,9-10H2,1-3H3/t13?,16?,17-,20?/m1/s1. The van der Waals surface area contributed by atoms with Crippen LogP contribution in [0, 0.1) is 18.8 Å². The first-order valence-corrected chi connectivity index (χ1v) is 9.85. The molecule has 0 radical (unpaired) electrons. The van der Waals surface area contributed by atoms with E-state index in [-0.39, 0.29) is 18.0 Å². The molecular weight excluding hydrogens is 340 g/mol. The second-order valence-corrected chi connectivity index (χ2v) is 8.24.